The van der Waals surface area contributed by atoms with Gasteiger partial charge in [0.15, 0.2) is 6.23 Å². The Kier molecular flexibility index (Phi) is 4.69. The lowest BCUT2D eigenvalue weighted by atomic mass is 9.80. The number of para-hydroxylation sites is 1. The molecule has 1 aliphatic rings. The van der Waals surface area contributed by atoms with Gasteiger partial charge in [-0.05, 0) is 37.8 Å². The van der Waals surface area contributed by atoms with Crippen molar-refractivity contribution in [1.29, 1.82) is 0 Å². The van der Waals surface area contributed by atoms with Crippen molar-refractivity contribution in [2.24, 2.45) is 11.8 Å². The first kappa shape index (κ1) is 15.6. The molecule has 0 bridgehead atoms. The van der Waals surface area contributed by atoms with Gasteiger partial charge in [-0.15, -0.1) is 5.10 Å². The molecular formula is C17H21N3O3. The van der Waals surface area contributed by atoms with Gasteiger partial charge in [0.2, 0.25) is 0 Å². The maximum atomic E-state index is 12.4. The second kappa shape index (κ2) is 6.89. The lowest BCUT2D eigenvalue weighted by molar-refractivity contribution is -0.161. The minimum absolute atomic E-state index is 0.105. The molecule has 3 rings (SSSR count). The lowest BCUT2D eigenvalue weighted by Gasteiger charge is -2.26. The van der Waals surface area contributed by atoms with Crippen LogP contribution in [0.5, 0.6) is 0 Å². The van der Waals surface area contributed by atoms with Crippen LogP contribution in [0.15, 0.2) is 24.3 Å². The summed E-state index contributed by atoms with van der Waals surface area (Å²) >= 11 is 0. The van der Waals surface area contributed by atoms with E-state index in [4.69, 9.17) is 4.74 Å². The minimum atomic E-state index is -0.674. The van der Waals surface area contributed by atoms with E-state index in [1.165, 1.54) is 6.42 Å². The number of esters is 1. The summed E-state index contributed by atoms with van der Waals surface area (Å²) in [5.41, 5.74) is 1.54. The van der Waals surface area contributed by atoms with Crippen LogP contribution in [0.1, 0.15) is 45.3 Å². The highest BCUT2D eigenvalue weighted by Crippen LogP contribution is 2.30. The minimum Gasteiger partial charge on any atom is -0.439 e. The SMILES string of the molecule is CC(OC(=O)C(C=O)C1CCCCC1)n1nnc2ccccc21. The van der Waals surface area contributed by atoms with E-state index < -0.39 is 18.1 Å². The van der Waals surface area contributed by atoms with E-state index in [2.05, 4.69) is 10.3 Å². The molecule has 1 saturated carbocycles. The fourth-order valence-corrected chi connectivity index (χ4v) is 3.30. The number of ether oxygens (including phenoxy) is 1. The molecule has 0 amide bonds. The van der Waals surface area contributed by atoms with Crippen LogP contribution >= 0.6 is 0 Å². The van der Waals surface area contributed by atoms with Crippen LogP contribution in [0.3, 0.4) is 0 Å². The van der Waals surface area contributed by atoms with Crippen LogP contribution in [0.25, 0.3) is 11.0 Å². The van der Waals surface area contributed by atoms with Crippen LogP contribution in [-0.2, 0) is 14.3 Å². The molecular weight excluding hydrogens is 294 g/mol. The van der Waals surface area contributed by atoms with Crippen LogP contribution in [-0.4, -0.2) is 27.2 Å². The second-order valence-corrected chi connectivity index (χ2v) is 6.12. The van der Waals surface area contributed by atoms with Crippen molar-refractivity contribution in [2.45, 2.75) is 45.3 Å². The van der Waals surface area contributed by atoms with Crippen molar-refractivity contribution in [2.75, 3.05) is 0 Å². The normalized spacial score (nSPS) is 18.5. The van der Waals surface area contributed by atoms with Gasteiger partial charge in [-0.1, -0.05) is 36.6 Å². The molecule has 6 nitrogen and oxygen atoms in total. The number of fused-ring (bicyclic) bond motifs is 1. The predicted molar refractivity (Wildman–Crippen MR) is 84.5 cm³/mol. The molecule has 6 heteroatoms. The Morgan fingerprint density at radius 2 is 2.04 bits per heavy atom. The van der Waals surface area contributed by atoms with E-state index in [0.29, 0.717) is 0 Å². The summed E-state index contributed by atoms with van der Waals surface area (Å²) in [6, 6.07) is 7.48. The van der Waals surface area contributed by atoms with E-state index in [0.717, 1.165) is 43.0 Å². The predicted octanol–water partition coefficient (Wildman–Crippen LogP) is 2.89. The van der Waals surface area contributed by atoms with Gasteiger partial charge >= 0.3 is 5.97 Å². The molecule has 0 saturated heterocycles. The molecule has 1 heterocycles. The maximum absolute atomic E-state index is 12.4. The average molecular weight is 315 g/mol. The highest BCUT2D eigenvalue weighted by Gasteiger charge is 2.31. The highest BCUT2D eigenvalue weighted by atomic mass is 16.6. The Morgan fingerprint density at radius 1 is 1.30 bits per heavy atom. The van der Waals surface area contributed by atoms with Gasteiger partial charge in [0.05, 0.1) is 5.52 Å². The Hall–Kier alpha value is -2.24. The third-order valence-corrected chi connectivity index (χ3v) is 4.58. The largest absolute Gasteiger partial charge is 0.439 e. The topological polar surface area (TPSA) is 74.1 Å². The summed E-state index contributed by atoms with van der Waals surface area (Å²) in [6.07, 6.45) is 5.30. The third-order valence-electron chi connectivity index (χ3n) is 4.58. The Bertz CT molecular complexity index is 691. The summed E-state index contributed by atoms with van der Waals surface area (Å²) in [7, 11) is 0. The number of nitrogens with zero attached hydrogens (tertiary/aromatic N) is 3. The van der Waals surface area contributed by atoms with Crippen LogP contribution in [0.4, 0.5) is 0 Å². The number of aldehydes is 1. The summed E-state index contributed by atoms with van der Waals surface area (Å²) in [6.45, 7) is 1.74. The van der Waals surface area contributed by atoms with Crippen molar-refractivity contribution < 1.29 is 14.3 Å². The first-order valence-corrected chi connectivity index (χ1v) is 8.16. The number of hydrogen-bond donors (Lipinski definition) is 0. The molecule has 122 valence electrons. The van der Waals surface area contributed by atoms with Gasteiger partial charge in [0, 0.05) is 0 Å². The van der Waals surface area contributed by atoms with Gasteiger partial charge in [0.1, 0.15) is 17.7 Å². The standard InChI is InChI=1S/C17H21N3O3/c1-12(20-16-10-6-5-9-15(16)18-19-20)23-17(22)14(11-21)13-7-3-2-4-8-13/h5-6,9-14H,2-4,7-8H2,1H3. The monoisotopic (exact) mass is 315 g/mol. The van der Waals surface area contributed by atoms with Gasteiger partial charge in [-0.25, -0.2) is 4.68 Å². The summed E-state index contributed by atoms with van der Waals surface area (Å²) in [4.78, 5) is 23.8. The molecule has 0 N–H and O–H groups in total. The Morgan fingerprint density at radius 3 is 2.78 bits per heavy atom. The molecule has 1 aromatic heterocycles. The zero-order chi connectivity index (χ0) is 16.2. The highest BCUT2D eigenvalue weighted by molar-refractivity contribution is 5.88. The van der Waals surface area contributed by atoms with Crippen molar-refractivity contribution in [3.8, 4) is 0 Å². The number of rotatable bonds is 5. The van der Waals surface area contributed by atoms with Crippen LogP contribution < -0.4 is 0 Å². The van der Waals surface area contributed by atoms with Gasteiger partial charge in [-0.3, -0.25) is 4.79 Å². The first-order chi connectivity index (χ1) is 11.2. The van der Waals surface area contributed by atoms with Gasteiger partial charge < -0.3 is 9.53 Å². The fraction of sp³-hybridized carbons (Fsp3) is 0.529. The van der Waals surface area contributed by atoms with E-state index in [1.807, 2.05) is 24.3 Å². The first-order valence-electron chi connectivity index (χ1n) is 8.16. The molecule has 2 unspecified atom stereocenters. The van der Waals surface area contributed by atoms with Crippen molar-refractivity contribution in [3.63, 3.8) is 0 Å². The van der Waals surface area contributed by atoms with E-state index in [1.54, 1.807) is 11.6 Å². The molecule has 1 aromatic carbocycles. The van der Waals surface area contributed by atoms with E-state index in [-0.39, 0.29) is 5.92 Å². The van der Waals surface area contributed by atoms with Crippen molar-refractivity contribution >= 4 is 23.3 Å². The quantitative estimate of drug-likeness (QED) is 0.482. The Balaban J connectivity index is 1.72. The van der Waals surface area contributed by atoms with Gasteiger partial charge in [0.25, 0.3) is 0 Å². The molecule has 0 aliphatic heterocycles. The zero-order valence-electron chi connectivity index (χ0n) is 13.2. The average Bonchev–Trinajstić information content (AvgIpc) is 3.00. The van der Waals surface area contributed by atoms with Crippen LogP contribution in [0.2, 0.25) is 0 Å². The summed E-state index contributed by atoms with van der Waals surface area (Å²) in [5.74, 6) is -1.03. The summed E-state index contributed by atoms with van der Waals surface area (Å²) < 4.78 is 7.06. The molecule has 1 fully saturated rings. The van der Waals surface area contributed by atoms with Gasteiger partial charge in [-0.2, -0.15) is 0 Å². The maximum Gasteiger partial charge on any atom is 0.318 e. The summed E-state index contributed by atoms with van der Waals surface area (Å²) in [5, 5.41) is 8.10. The zero-order valence-corrected chi connectivity index (χ0v) is 13.2. The molecule has 1 aliphatic carbocycles. The smallest absolute Gasteiger partial charge is 0.318 e. The number of aromatic nitrogens is 3. The molecule has 0 spiro atoms. The molecule has 23 heavy (non-hydrogen) atoms. The number of hydrogen-bond acceptors (Lipinski definition) is 5. The second-order valence-electron chi connectivity index (χ2n) is 6.12. The Labute approximate surface area is 134 Å². The molecule has 2 aromatic rings. The van der Waals surface area contributed by atoms with Crippen LogP contribution in [0, 0.1) is 11.8 Å². The fourth-order valence-electron chi connectivity index (χ4n) is 3.30. The third kappa shape index (κ3) is 3.25. The van der Waals surface area contributed by atoms with E-state index in [9.17, 15) is 9.59 Å². The number of benzene rings is 1. The van der Waals surface area contributed by atoms with Crippen molar-refractivity contribution in [1.82, 2.24) is 15.0 Å². The molecule has 0 radical (unpaired) electrons. The number of carbonyl (C=O) groups excluding carboxylic acids is 2. The number of carbonyl (C=O) groups is 2. The van der Waals surface area contributed by atoms with Crippen molar-refractivity contribution in [3.05, 3.63) is 24.3 Å². The lowest BCUT2D eigenvalue weighted by Crippen LogP contribution is -2.30. The molecule has 2 atom stereocenters. The van der Waals surface area contributed by atoms with E-state index >= 15 is 0 Å².